The molecule has 0 aromatic rings. The summed E-state index contributed by atoms with van der Waals surface area (Å²) in [5.41, 5.74) is 0. The summed E-state index contributed by atoms with van der Waals surface area (Å²) in [4.78, 5) is 10.2. The number of ketones is 1. The largest absolute Gasteiger partial charge is 0.299 e. The van der Waals surface area contributed by atoms with E-state index in [4.69, 9.17) is 46.4 Å². The Kier molecular flexibility index (Phi) is 3.97. The second kappa shape index (κ2) is 4.36. The number of carbonyl (C=O) groups is 1. The van der Waals surface area contributed by atoms with Crippen LogP contribution in [0.25, 0.3) is 0 Å². The molecule has 0 heterocycles. The fraction of sp³-hybridized carbons (Fsp3) is 0.857. The van der Waals surface area contributed by atoms with Gasteiger partial charge in [-0.25, -0.2) is 0 Å². The summed E-state index contributed by atoms with van der Waals surface area (Å²) >= 11 is 22.4. The first kappa shape index (κ1) is 10.9. The monoisotopic (exact) mass is 248 g/mol. The molecule has 0 N–H and O–H groups in total. The number of hydrogen-bond donors (Lipinski definition) is 0. The first-order valence-electron chi connectivity index (χ1n) is 3.64. The Morgan fingerprint density at radius 3 is 1.50 bits per heavy atom. The van der Waals surface area contributed by atoms with Gasteiger partial charge >= 0.3 is 0 Å². The average Bonchev–Trinajstić information content (AvgIpc) is 2.30. The third-order valence-electron chi connectivity index (χ3n) is 2.13. The first-order valence-corrected chi connectivity index (χ1v) is 5.38. The lowest BCUT2D eigenvalue weighted by Gasteiger charge is -2.11. The smallest absolute Gasteiger partial charge is 0.144 e. The van der Waals surface area contributed by atoms with E-state index in [-0.39, 0.29) is 17.6 Å². The highest BCUT2D eigenvalue weighted by Gasteiger charge is 2.40. The normalized spacial score (nSPS) is 30.7. The van der Waals surface area contributed by atoms with Gasteiger partial charge in [-0.2, -0.15) is 0 Å². The Bertz CT molecular complexity index is 162. The molecular formula is C7H8Cl4O. The van der Waals surface area contributed by atoms with Crippen LogP contribution in [0.4, 0.5) is 0 Å². The molecule has 1 saturated carbocycles. The van der Waals surface area contributed by atoms with Gasteiger partial charge < -0.3 is 0 Å². The molecule has 1 aliphatic carbocycles. The van der Waals surface area contributed by atoms with E-state index < -0.39 is 9.67 Å². The predicted octanol–water partition coefficient (Wildman–Crippen LogP) is 3.19. The maximum Gasteiger partial charge on any atom is 0.144 e. The molecule has 2 atom stereocenters. The number of hydrogen-bond acceptors (Lipinski definition) is 1. The van der Waals surface area contributed by atoms with Gasteiger partial charge in [0.1, 0.15) is 15.5 Å². The topological polar surface area (TPSA) is 17.1 Å². The highest BCUT2D eigenvalue weighted by molar-refractivity contribution is 6.47. The van der Waals surface area contributed by atoms with Gasteiger partial charge in [0.2, 0.25) is 0 Å². The van der Waals surface area contributed by atoms with Crippen molar-refractivity contribution in [3.8, 4) is 0 Å². The van der Waals surface area contributed by atoms with E-state index in [1.165, 1.54) is 0 Å². The SMILES string of the molecule is O=C1C(C(Cl)Cl)CCC1C(Cl)Cl. The van der Waals surface area contributed by atoms with E-state index in [1.54, 1.807) is 0 Å². The van der Waals surface area contributed by atoms with Crippen LogP contribution in [0, 0.1) is 11.8 Å². The molecule has 0 spiro atoms. The molecule has 1 nitrogen and oxygen atoms in total. The van der Waals surface area contributed by atoms with Crippen molar-refractivity contribution in [3.05, 3.63) is 0 Å². The van der Waals surface area contributed by atoms with Gasteiger partial charge in [0, 0.05) is 11.8 Å². The molecule has 12 heavy (non-hydrogen) atoms. The van der Waals surface area contributed by atoms with Crippen molar-refractivity contribution in [3.63, 3.8) is 0 Å². The molecule has 0 aromatic carbocycles. The van der Waals surface area contributed by atoms with Crippen LogP contribution in [0.3, 0.4) is 0 Å². The third kappa shape index (κ3) is 2.20. The van der Waals surface area contributed by atoms with Crippen molar-refractivity contribution in [2.24, 2.45) is 11.8 Å². The molecule has 0 aliphatic heterocycles. The zero-order chi connectivity index (χ0) is 9.30. The summed E-state index contributed by atoms with van der Waals surface area (Å²) < 4.78 is 0. The first-order chi connectivity index (χ1) is 5.54. The van der Waals surface area contributed by atoms with Crippen LogP contribution in [0.1, 0.15) is 12.8 Å². The summed E-state index contributed by atoms with van der Waals surface area (Å²) in [6.45, 7) is 0. The highest BCUT2D eigenvalue weighted by atomic mass is 35.5. The molecule has 0 amide bonds. The van der Waals surface area contributed by atoms with Crippen LogP contribution in [0.5, 0.6) is 0 Å². The summed E-state index contributed by atoms with van der Waals surface area (Å²) in [5, 5.41) is 0. The predicted molar refractivity (Wildman–Crippen MR) is 52.2 cm³/mol. The summed E-state index contributed by atoms with van der Waals surface area (Å²) in [6.07, 6.45) is 1.38. The molecule has 0 aromatic heterocycles. The highest BCUT2D eigenvalue weighted by Crippen LogP contribution is 2.37. The van der Waals surface area contributed by atoms with Crippen molar-refractivity contribution >= 4 is 52.2 Å². The molecule has 0 radical (unpaired) electrons. The van der Waals surface area contributed by atoms with Gasteiger partial charge in [0.25, 0.3) is 0 Å². The molecule has 5 heteroatoms. The number of rotatable bonds is 2. The van der Waals surface area contributed by atoms with E-state index in [9.17, 15) is 4.79 Å². The summed E-state index contributed by atoms with van der Waals surface area (Å²) in [5.74, 6) is -0.559. The molecule has 0 saturated heterocycles. The van der Waals surface area contributed by atoms with E-state index in [1.807, 2.05) is 0 Å². The fourth-order valence-electron chi connectivity index (χ4n) is 1.42. The maximum atomic E-state index is 11.5. The number of carbonyl (C=O) groups excluding carboxylic acids is 1. The number of alkyl halides is 4. The van der Waals surface area contributed by atoms with Gasteiger partial charge in [-0.15, -0.1) is 46.4 Å². The number of Topliss-reactive ketones (excluding diaryl/α,β-unsaturated/α-hetero) is 1. The van der Waals surface area contributed by atoms with Gasteiger partial charge in [-0.3, -0.25) is 4.79 Å². The van der Waals surface area contributed by atoms with Gasteiger partial charge in [-0.1, -0.05) is 0 Å². The molecule has 1 aliphatic rings. The Hall–Kier alpha value is 0.830. The molecule has 2 unspecified atom stereocenters. The lowest BCUT2D eigenvalue weighted by molar-refractivity contribution is -0.123. The Labute approximate surface area is 91.3 Å². The minimum absolute atomic E-state index is 0.000000000000000444. The molecule has 1 rings (SSSR count). The third-order valence-corrected chi connectivity index (χ3v) is 3.34. The van der Waals surface area contributed by atoms with Crippen LogP contribution >= 0.6 is 46.4 Å². The van der Waals surface area contributed by atoms with Gasteiger partial charge in [-0.05, 0) is 12.8 Å². The maximum absolute atomic E-state index is 11.5. The second-order valence-corrected chi connectivity index (χ2v) is 5.19. The Balaban J connectivity index is 2.61. The molecule has 70 valence electrons. The molecular weight excluding hydrogens is 242 g/mol. The minimum Gasteiger partial charge on any atom is -0.299 e. The van der Waals surface area contributed by atoms with Crippen LogP contribution in [-0.2, 0) is 4.79 Å². The van der Waals surface area contributed by atoms with E-state index in [2.05, 4.69) is 0 Å². The van der Waals surface area contributed by atoms with Crippen molar-refractivity contribution in [2.75, 3.05) is 0 Å². The van der Waals surface area contributed by atoms with E-state index in [0.29, 0.717) is 12.8 Å². The van der Waals surface area contributed by atoms with E-state index >= 15 is 0 Å². The molecule has 0 bridgehead atoms. The zero-order valence-electron chi connectivity index (χ0n) is 6.14. The van der Waals surface area contributed by atoms with Crippen molar-refractivity contribution in [1.29, 1.82) is 0 Å². The van der Waals surface area contributed by atoms with Crippen LogP contribution < -0.4 is 0 Å². The quantitative estimate of drug-likeness (QED) is 0.687. The van der Waals surface area contributed by atoms with Crippen LogP contribution in [-0.4, -0.2) is 15.5 Å². The van der Waals surface area contributed by atoms with Crippen molar-refractivity contribution in [1.82, 2.24) is 0 Å². The second-order valence-electron chi connectivity index (χ2n) is 2.86. The van der Waals surface area contributed by atoms with Crippen molar-refractivity contribution < 1.29 is 4.79 Å². The average molecular weight is 250 g/mol. The lowest BCUT2D eigenvalue weighted by atomic mass is 10.1. The van der Waals surface area contributed by atoms with Crippen LogP contribution in [0.2, 0.25) is 0 Å². The van der Waals surface area contributed by atoms with Crippen molar-refractivity contribution in [2.45, 2.75) is 22.5 Å². The Morgan fingerprint density at radius 2 is 1.33 bits per heavy atom. The Morgan fingerprint density at radius 1 is 1.00 bits per heavy atom. The zero-order valence-corrected chi connectivity index (χ0v) is 9.17. The number of halogens is 4. The summed E-state index contributed by atoms with van der Waals surface area (Å²) in [6, 6.07) is 0. The van der Waals surface area contributed by atoms with Crippen LogP contribution in [0.15, 0.2) is 0 Å². The van der Waals surface area contributed by atoms with Gasteiger partial charge in [0.15, 0.2) is 0 Å². The standard InChI is InChI=1S/C7H8Cl4O/c8-6(9)3-1-2-4(5(3)12)7(10)11/h3-4,6-7H,1-2H2. The lowest BCUT2D eigenvalue weighted by Crippen LogP contribution is -2.22. The molecule has 1 fully saturated rings. The van der Waals surface area contributed by atoms with Gasteiger partial charge in [0.05, 0.1) is 0 Å². The summed E-state index contributed by atoms with van der Waals surface area (Å²) in [7, 11) is 0. The fourth-order valence-corrected chi connectivity index (χ4v) is 2.42. The minimum atomic E-state index is -0.630. The van der Waals surface area contributed by atoms with E-state index in [0.717, 1.165) is 0 Å².